The van der Waals surface area contributed by atoms with Crippen molar-refractivity contribution < 1.29 is 13.9 Å². The predicted octanol–water partition coefficient (Wildman–Crippen LogP) is 11.5. The molecule has 0 radical (unpaired) electrons. The quantitative estimate of drug-likeness (QED) is 0.267. The van der Waals surface area contributed by atoms with E-state index in [4.69, 9.17) is 9.47 Å². The van der Waals surface area contributed by atoms with Gasteiger partial charge in [0.05, 0.1) is 11.7 Å². The molecule has 0 fully saturated rings. The molecule has 0 aromatic heterocycles. The number of benzene rings is 3. The lowest BCUT2D eigenvalue weighted by molar-refractivity contribution is 0.125. The van der Waals surface area contributed by atoms with Crippen LogP contribution in [0.2, 0.25) is 0 Å². The summed E-state index contributed by atoms with van der Waals surface area (Å²) in [4.78, 5) is 2.50. The zero-order valence-corrected chi connectivity index (χ0v) is 28.7. The standard InChI is InChI=1S/C41H50FNO2/c1-25(2)16-17-41(8,9)29-21-34-33-23-30(42)12-15-38(33)44-24-45-39(34)37(22-29)43-35-13-10-27(18-26(3)4)19-31(35)32-20-28(40(5,6)7)11-14-36(32)43/h10-12,14-15,19-23,25-26,35H,13,16-18,24H2,1-9H3/t35-/m0/s1. The van der Waals surface area contributed by atoms with Crippen LogP contribution in [-0.2, 0) is 10.8 Å². The van der Waals surface area contributed by atoms with Crippen molar-refractivity contribution in [2.24, 2.45) is 11.8 Å². The van der Waals surface area contributed by atoms with Gasteiger partial charge in [-0.1, -0.05) is 92.5 Å². The highest BCUT2D eigenvalue weighted by Gasteiger charge is 2.40. The highest BCUT2D eigenvalue weighted by Crippen LogP contribution is 2.55. The molecule has 0 saturated heterocycles. The lowest BCUT2D eigenvalue weighted by atomic mass is 9.77. The van der Waals surface area contributed by atoms with Crippen LogP contribution in [0.3, 0.4) is 0 Å². The minimum absolute atomic E-state index is 0.0371. The number of halogens is 1. The monoisotopic (exact) mass is 607 g/mol. The number of anilines is 2. The van der Waals surface area contributed by atoms with Crippen LogP contribution in [0.4, 0.5) is 15.8 Å². The molecule has 0 bridgehead atoms. The van der Waals surface area contributed by atoms with Gasteiger partial charge in [0.2, 0.25) is 6.79 Å². The maximum Gasteiger partial charge on any atom is 0.231 e. The van der Waals surface area contributed by atoms with E-state index >= 15 is 0 Å². The largest absolute Gasteiger partial charge is 0.457 e. The van der Waals surface area contributed by atoms with E-state index in [0.717, 1.165) is 48.2 Å². The Bertz CT molecular complexity index is 1670. The SMILES string of the molecule is CC(C)CCC(C)(C)c1cc2c(c(N3c4ccc(C(C)(C)C)cc4C4=CC(CC(C)C)=CC[C@@H]43)c1)OCOc1ccc(F)cc1-2. The average molecular weight is 608 g/mol. The van der Waals surface area contributed by atoms with Gasteiger partial charge in [-0.25, -0.2) is 4.39 Å². The average Bonchev–Trinajstić information content (AvgIpc) is 3.16. The van der Waals surface area contributed by atoms with E-state index in [2.05, 4.69) is 110 Å². The number of hydrogen-bond acceptors (Lipinski definition) is 3. The van der Waals surface area contributed by atoms with Crippen LogP contribution < -0.4 is 14.4 Å². The van der Waals surface area contributed by atoms with Gasteiger partial charge >= 0.3 is 0 Å². The van der Waals surface area contributed by atoms with Crippen LogP contribution in [0, 0.1) is 17.7 Å². The second-order valence-electron chi connectivity index (χ2n) is 15.8. The van der Waals surface area contributed by atoms with E-state index in [1.807, 2.05) is 0 Å². The van der Waals surface area contributed by atoms with Gasteiger partial charge in [0.25, 0.3) is 0 Å². The number of allylic oxidation sites excluding steroid dienone is 2. The fourth-order valence-corrected chi connectivity index (χ4v) is 7.09. The first-order valence-electron chi connectivity index (χ1n) is 16.8. The van der Waals surface area contributed by atoms with Crippen molar-refractivity contribution in [2.75, 3.05) is 11.7 Å². The summed E-state index contributed by atoms with van der Waals surface area (Å²) in [6, 6.07) is 16.5. The molecule has 238 valence electrons. The molecule has 3 nitrogen and oxygen atoms in total. The smallest absolute Gasteiger partial charge is 0.231 e. The van der Waals surface area contributed by atoms with Crippen molar-refractivity contribution in [1.29, 1.82) is 0 Å². The van der Waals surface area contributed by atoms with Crippen molar-refractivity contribution in [3.05, 3.63) is 88.8 Å². The summed E-state index contributed by atoms with van der Waals surface area (Å²) in [5.74, 6) is 2.33. The zero-order chi connectivity index (χ0) is 32.3. The fraction of sp³-hybridized carbons (Fsp3) is 0.463. The van der Waals surface area contributed by atoms with E-state index in [1.165, 1.54) is 39.6 Å². The van der Waals surface area contributed by atoms with Gasteiger partial charge in [-0.15, -0.1) is 0 Å². The van der Waals surface area contributed by atoms with Crippen LogP contribution in [0.5, 0.6) is 11.5 Å². The van der Waals surface area contributed by atoms with Crippen molar-refractivity contribution in [2.45, 2.75) is 105 Å². The van der Waals surface area contributed by atoms with E-state index in [9.17, 15) is 4.39 Å². The minimum Gasteiger partial charge on any atom is -0.457 e. The highest BCUT2D eigenvalue weighted by molar-refractivity contribution is 5.97. The first-order valence-corrected chi connectivity index (χ1v) is 16.8. The summed E-state index contributed by atoms with van der Waals surface area (Å²) in [5, 5.41) is 0. The lowest BCUT2D eigenvalue weighted by Crippen LogP contribution is -2.29. The van der Waals surface area contributed by atoms with Gasteiger partial charge < -0.3 is 14.4 Å². The number of ether oxygens (including phenoxy) is 2. The molecule has 45 heavy (non-hydrogen) atoms. The number of fused-ring (bicyclic) bond motifs is 6. The van der Waals surface area contributed by atoms with Gasteiger partial charge in [-0.2, -0.15) is 0 Å². The van der Waals surface area contributed by atoms with Crippen molar-refractivity contribution in [3.63, 3.8) is 0 Å². The third kappa shape index (κ3) is 6.05. The third-order valence-corrected chi connectivity index (χ3v) is 9.80. The Hall–Kier alpha value is -3.53. The zero-order valence-electron chi connectivity index (χ0n) is 28.7. The Morgan fingerprint density at radius 1 is 0.822 bits per heavy atom. The normalized spacial score (nSPS) is 17.5. The molecule has 3 aliphatic rings. The first kappa shape index (κ1) is 31.5. The maximum absolute atomic E-state index is 14.8. The molecule has 1 atom stereocenters. The first-order chi connectivity index (χ1) is 21.2. The van der Waals surface area contributed by atoms with E-state index < -0.39 is 0 Å². The molecule has 4 heteroatoms. The topological polar surface area (TPSA) is 21.7 Å². The molecule has 0 amide bonds. The molecule has 6 rings (SSSR count). The Balaban J connectivity index is 1.60. The summed E-state index contributed by atoms with van der Waals surface area (Å²) in [6.07, 6.45) is 9.06. The molecule has 2 heterocycles. The molecule has 3 aromatic carbocycles. The van der Waals surface area contributed by atoms with Crippen LogP contribution >= 0.6 is 0 Å². The van der Waals surface area contributed by atoms with E-state index in [1.54, 1.807) is 12.1 Å². The third-order valence-electron chi connectivity index (χ3n) is 9.80. The summed E-state index contributed by atoms with van der Waals surface area (Å²) in [6.45, 7) is 20.7. The number of rotatable bonds is 7. The summed E-state index contributed by atoms with van der Waals surface area (Å²) in [5.41, 5.74) is 10.5. The van der Waals surface area contributed by atoms with E-state index in [-0.39, 0.29) is 29.5 Å². The second kappa shape index (κ2) is 11.7. The maximum atomic E-state index is 14.8. The Morgan fingerprint density at radius 2 is 1.58 bits per heavy atom. The predicted molar refractivity (Wildman–Crippen MR) is 186 cm³/mol. The van der Waals surface area contributed by atoms with Gasteiger partial charge in [-0.3, -0.25) is 0 Å². The van der Waals surface area contributed by atoms with Gasteiger partial charge in [0, 0.05) is 22.4 Å². The van der Waals surface area contributed by atoms with Crippen LogP contribution in [0.1, 0.15) is 105 Å². The number of hydrogen-bond donors (Lipinski definition) is 0. The molecule has 3 aromatic rings. The molecular weight excluding hydrogens is 557 g/mol. The molecule has 2 aliphatic heterocycles. The van der Waals surface area contributed by atoms with Crippen molar-refractivity contribution in [3.8, 4) is 22.6 Å². The van der Waals surface area contributed by atoms with Crippen molar-refractivity contribution in [1.82, 2.24) is 0 Å². The summed E-state index contributed by atoms with van der Waals surface area (Å²) >= 11 is 0. The Labute approximate surface area is 270 Å². The van der Waals surface area contributed by atoms with Gasteiger partial charge in [0.15, 0.2) is 5.75 Å². The van der Waals surface area contributed by atoms with Gasteiger partial charge in [-0.05, 0) is 101 Å². The van der Waals surface area contributed by atoms with Crippen LogP contribution in [0.25, 0.3) is 16.7 Å². The molecule has 1 aliphatic carbocycles. The summed E-state index contributed by atoms with van der Waals surface area (Å²) in [7, 11) is 0. The lowest BCUT2D eigenvalue weighted by Gasteiger charge is -2.34. The van der Waals surface area contributed by atoms with Crippen LogP contribution in [0.15, 0.2) is 66.3 Å². The molecular formula is C41H50FNO2. The fourth-order valence-electron chi connectivity index (χ4n) is 7.09. The molecule has 0 N–H and O–H groups in total. The Kier molecular flexibility index (Phi) is 8.16. The van der Waals surface area contributed by atoms with Gasteiger partial charge in [0.1, 0.15) is 11.6 Å². The number of nitrogens with zero attached hydrogens (tertiary/aromatic N) is 1. The van der Waals surface area contributed by atoms with E-state index in [0.29, 0.717) is 17.6 Å². The molecule has 0 spiro atoms. The summed E-state index contributed by atoms with van der Waals surface area (Å²) < 4.78 is 27.4. The molecule has 0 saturated carbocycles. The second-order valence-corrected chi connectivity index (χ2v) is 15.8. The Morgan fingerprint density at radius 3 is 2.29 bits per heavy atom. The minimum atomic E-state index is -0.280. The van der Waals surface area contributed by atoms with Crippen molar-refractivity contribution >= 4 is 16.9 Å². The van der Waals surface area contributed by atoms with Crippen LogP contribution in [-0.4, -0.2) is 12.8 Å². The highest BCUT2D eigenvalue weighted by atomic mass is 19.1. The molecule has 0 unspecified atom stereocenters.